The van der Waals surface area contributed by atoms with E-state index in [2.05, 4.69) is 15.5 Å². The van der Waals surface area contributed by atoms with Gasteiger partial charge in [-0.25, -0.2) is 0 Å². The molecule has 1 unspecified atom stereocenters. The molecule has 34 heavy (non-hydrogen) atoms. The predicted molar refractivity (Wildman–Crippen MR) is 130 cm³/mol. The molecule has 0 aliphatic carbocycles. The van der Waals surface area contributed by atoms with Crippen molar-refractivity contribution in [2.75, 3.05) is 31.7 Å². The first-order chi connectivity index (χ1) is 16.3. The highest BCUT2D eigenvalue weighted by atomic mass is 35.5. The average Bonchev–Trinajstić information content (AvgIpc) is 2.78. The smallest absolute Gasteiger partial charge is 0.258 e. The summed E-state index contributed by atoms with van der Waals surface area (Å²) in [6.45, 7) is 10.2. The lowest BCUT2D eigenvalue weighted by Gasteiger charge is -2.17. The first-order valence-electron chi connectivity index (χ1n) is 11.0. The lowest BCUT2D eigenvalue weighted by atomic mass is 10.2. The van der Waals surface area contributed by atoms with Gasteiger partial charge in [0.05, 0.1) is 37.8 Å². The van der Waals surface area contributed by atoms with Crippen LogP contribution in [0.25, 0.3) is 0 Å². The molecule has 0 radical (unpaired) electrons. The van der Waals surface area contributed by atoms with E-state index in [4.69, 9.17) is 30.5 Å². The van der Waals surface area contributed by atoms with Gasteiger partial charge in [-0.1, -0.05) is 11.6 Å². The zero-order chi connectivity index (χ0) is 25.1. The third-order valence-electron chi connectivity index (χ3n) is 4.32. The molecule has 2 aromatic rings. The third-order valence-corrected chi connectivity index (χ3v) is 4.53. The summed E-state index contributed by atoms with van der Waals surface area (Å²) >= 11 is 6.18. The van der Waals surface area contributed by atoms with Crippen LogP contribution in [0.4, 0.5) is 11.4 Å². The number of anilines is 1. The van der Waals surface area contributed by atoms with E-state index < -0.39 is 17.7 Å². The Labute approximate surface area is 204 Å². The molecule has 1 atom stereocenters. The highest BCUT2D eigenvalue weighted by Gasteiger charge is 2.25. The topological polar surface area (TPSA) is 108 Å². The SMILES string of the molecule is CCOc1ccc(N=NC(C(C)=O)C(=O)Nc2cc(Cl)cc(OCC)c2OCC)cc1OCC. The molecule has 0 aliphatic heterocycles. The van der Waals surface area contributed by atoms with Crippen LogP contribution in [-0.2, 0) is 9.59 Å². The summed E-state index contributed by atoms with van der Waals surface area (Å²) in [5, 5.41) is 11.1. The number of ketones is 1. The van der Waals surface area contributed by atoms with E-state index in [0.29, 0.717) is 60.1 Å². The number of azo groups is 1. The number of halogens is 1. The summed E-state index contributed by atoms with van der Waals surface area (Å²) in [6.07, 6.45) is 0. The molecule has 0 fully saturated rings. The quantitative estimate of drug-likeness (QED) is 0.288. The van der Waals surface area contributed by atoms with Crippen molar-refractivity contribution in [3.05, 3.63) is 35.4 Å². The summed E-state index contributed by atoms with van der Waals surface area (Å²) in [5.74, 6) is 0.590. The van der Waals surface area contributed by atoms with Crippen LogP contribution < -0.4 is 24.3 Å². The number of nitrogens with one attached hydrogen (secondary N) is 1. The van der Waals surface area contributed by atoms with E-state index in [0.717, 1.165) is 0 Å². The molecule has 2 rings (SSSR count). The van der Waals surface area contributed by atoms with Crippen molar-refractivity contribution in [3.63, 3.8) is 0 Å². The fraction of sp³-hybridized carbons (Fsp3) is 0.417. The lowest BCUT2D eigenvalue weighted by Crippen LogP contribution is -2.32. The second-order valence-electron chi connectivity index (χ2n) is 6.86. The summed E-state index contributed by atoms with van der Waals surface area (Å²) < 4.78 is 22.3. The molecular weight excluding hydrogens is 462 g/mol. The standard InChI is InChI=1S/C24H30ClN3O6/c1-6-31-19-11-10-17(14-20(19)32-7-2)27-28-22(15(5)29)24(30)26-18-12-16(25)13-21(33-8-3)23(18)34-9-4/h10-14,22H,6-9H2,1-5H3,(H,26,30). The van der Waals surface area contributed by atoms with Crippen molar-refractivity contribution >= 4 is 34.7 Å². The molecule has 1 N–H and O–H groups in total. The summed E-state index contributed by atoms with van der Waals surface area (Å²) in [5.41, 5.74) is 0.672. The van der Waals surface area contributed by atoms with Crippen molar-refractivity contribution in [1.82, 2.24) is 0 Å². The van der Waals surface area contributed by atoms with E-state index in [1.807, 2.05) is 20.8 Å². The number of benzene rings is 2. The van der Waals surface area contributed by atoms with Crippen LogP contribution in [0.15, 0.2) is 40.6 Å². The van der Waals surface area contributed by atoms with Gasteiger partial charge in [0.15, 0.2) is 28.8 Å². The first-order valence-corrected chi connectivity index (χ1v) is 11.4. The maximum absolute atomic E-state index is 13.0. The van der Waals surface area contributed by atoms with Gasteiger partial charge in [0.2, 0.25) is 6.04 Å². The number of amides is 1. The minimum absolute atomic E-state index is 0.268. The molecule has 0 saturated heterocycles. The lowest BCUT2D eigenvalue weighted by molar-refractivity contribution is -0.126. The van der Waals surface area contributed by atoms with Gasteiger partial charge in [0.1, 0.15) is 0 Å². The molecule has 2 aromatic carbocycles. The molecule has 0 aromatic heterocycles. The van der Waals surface area contributed by atoms with Gasteiger partial charge in [-0.2, -0.15) is 10.2 Å². The zero-order valence-electron chi connectivity index (χ0n) is 20.0. The number of nitrogens with zero attached hydrogens (tertiary/aromatic N) is 2. The second-order valence-corrected chi connectivity index (χ2v) is 7.30. The van der Waals surface area contributed by atoms with Crippen LogP contribution in [0.3, 0.4) is 0 Å². The Morgan fingerprint density at radius 3 is 2.12 bits per heavy atom. The normalized spacial score (nSPS) is 11.7. The number of carbonyl (C=O) groups is 2. The predicted octanol–water partition coefficient (Wildman–Crippen LogP) is 5.61. The Balaban J connectivity index is 2.31. The van der Waals surface area contributed by atoms with Crippen molar-refractivity contribution in [1.29, 1.82) is 0 Å². The number of hydrogen-bond acceptors (Lipinski definition) is 8. The zero-order valence-corrected chi connectivity index (χ0v) is 20.8. The summed E-state index contributed by atoms with van der Waals surface area (Å²) in [7, 11) is 0. The fourth-order valence-electron chi connectivity index (χ4n) is 2.96. The molecule has 184 valence electrons. The summed E-state index contributed by atoms with van der Waals surface area (Å²) in [4.78, 5) is 25.2. The van der Waals surface area contributed by atoms with Crippen LogP contribution in [0, 0.1) is 0 Å². The Kier molecular flexibility index (Phi) is 10.6. The minimum atomic E-state index is -1.38. The number of hydrogen-bond donors (Lipinski definition) is 1. The van der Waals surface area contributed by atoms with Crippen molar-refractivity contribution in [2.24, 2.45) is 10.2 Å². The Bertz CT molecular complexity index is 1030. The van der Waals surface area contributed by atoms with Gasteiger partial charge in [0.25, 0.3) is 5.91 Å². The maximum atomic E-state index is 13.0. The molecular formula is C24H30ClN3O6. The van der Waals surface area contributed by atoms with Crippen LogP contribution in [0.2, 0.25) is 5.02 Å². The maximum Gasteiger partial charge on any atom is 0.258 e. The van der Waals surface area contributed by atoms with E-state index in [-0.39, 0.29) is 5.69 Å². The van der Waals surface area contributed by atoms with E-state index in [1.54, 1.807) is 31.2 Å². The van der Waals surface area contributed by atoms with Gasteiger partial charge < -0.3 is 24.3 Å². The fourth-order valence-corrected chi connectivity index (χ4v) is 3.17. The molecule has 0 spiro atoms. The van der Waals surface area contributed by atoms with Crippen LogP contribution in [-0.4, -0.2) is 44.2 Å². The largest absolute Gasteiger partial charge is 0.490 e. The summed E-state index contributed by atoms with van der Waals surface area (Å²) in [6, 6.07) is 6.71. The van der Waals surface area contributed by atoms with E-state index >= 15 is 0 Å². The van der Waals surface area contributed by atoms with Gasteiger partial charge >= 0.3 is 0 Å². The molecule has 0 bridgehead atoms. The van der Waals surface area contributed by atoms with Crippen LogP contribution >= 0.6 is 11.6 Å². The van der Waals surface area contributed by atoms with Crippen molar-refractivity contribution < 1.29 is 28.5 Å². The number of ether oxygens (including phenoxy) is 4. The highest BCUT2D eigenvalue weighted by molar-refractivity contribution is 6.31. The van der Waals surface area contributed by atoms with Gasteiger partial charge in [-0.05, 0) is 52.8 Å². The Morgan fingerprint density at radius 1 is 0.882 bits per heavy atom. The number of rotatable bonds is 13. The van der Waals surface area contributed by atoms with E-state index in [9.17, 15) is 9.59 Å². The minimum Gasteiger partial charge on any atom is -0.490 e. The Morgan fingerprint density at radius 2 is 1.50 bits per heavy atom. The van der Waals surface area contributed by atoms with Gasteiger partial charge in [-0.15, -0.1) is 0 Å². The number of carbonyl (C=O) groups excluding carboxylic acids is 2. The second kappa shape index (κ2) is 13.4. The molecule has 0 aliphatic rings. The van der Waals surface area contributed by atoms with Crippen molar-refractivity contribution in [2.45, 2.75) is 40.7 Å². The van der Waals surface area contributed by atoms with E-state index in [1.165, 1.54) is 13.0 Å². The van der Waals surface area contributed by atoms with Crippen LogP contribution in [0.1, 0.15) is 34.6 Å². The first kappa shape index (κ1) is 26.9. The molecule has 1 amide bonds. The third kappa shape index (κ3) is 7.34. The molecule has 10 heteroatoms. The van der Waals surface area contributed by atoms with Gasteiger partial charge in [-0.3, -0.25) is 9.59 Å². The molecule has 0 saturated carbocycles. The molecule has 0 heterocycles. The highest BCUT2D eigenvalue weighted by Crippen LogP contribution is 2.39. The van der Waals surface area contributed by atoms with Crippen LogP contribution in [0.5, 0.6) is 23.0 Å². The molecule has 9 nitrogen and oxygen atoms in total. The Hall–Kier alpha value is -3.33. The monoisotopic (exact) mass is 491 g/mol. The van der Waals surface area contributed by atoms with Crippen molar-refractivity contribution in [3.8, 4) is 23.0 Å². The van der Waals surface area contributed by atoms with Gasteiger partial charge in [0, 0.05) is 17.2 Å². The number of Topliss-reactive ketones (excluding diaryl/α,β-unsaturated/α-hetero) is 1. The average molecular weight is 492 g/mol.